The molecule has 62 heavy (non-hydrogen) atoms. The van der Waals surface area contributed by atoms with Crippen LogP contribution in [0.3, 0.4) is 0 Å². The van der Waals surface area contributed by atoms with Crippen molar-refractivity contribution in [2.75, 3.05) is 4.90 Å². The Kier molecular flexibility index (Phi) is 8.50. The van der Waals surface area contributed by atoms with Gasteiger partial charge in [-0.3, -0.25) is 0 Å². The Morgan fingerprint density at radius 3 is 1.82 bits per heavy atom. The molecule has 0 radical (unpaired) electrons. The standard InChI is InChI=1S/C60H42N2/c1-4-18-44(19-5-1)46-22-16-27-49(41-46)62(48-25-8-3-9-26-48)60(47-23-6-2-7-24-47)55-31-14-12-29-51(55)52-36-34-42(39-56(52)60)38-43-35-37-54-53-30-13-15-32-58(53)61(59(54)40-43)57-33-17-21-45-20-10-11-28-50(45)57/h1-37,39-41H,38H2. The second-order valence-electron chi connectivity index (χ2n) is 16.5. The first-order valence-electron chi connectivity index (χ1n) is 21.6. The molecule has 0 spiro atoms. The average molecular weight is 791 g/mol. The van der Waals surface area contributed by atoms with Crippen LogP contribution in [0.5, 0.6) is 0 Å². The number of nitrogens with zero attached hydrogens (tertiary/aromatic N) is 2. The second-order valence-corrected chi connectivity index (χ2v) is 16.5. The van der Waals surface area contributed by atoms with Gasteiger partial charge < -0.3 is 9.47 Å². The van der Waals surface area contributed by atoms with E-state index in [4.69, 9.17) is 0 Å². The Balaban J connectivity index is 1.07. The van der Waals surface area contributed by atoms with Gasteiger partial charge in [-0.05, 0) is 104 Å². The summed E-state index contributed by atoms with van der Waals surface area (Å²) in [5, 5.41) is 5.02. The second kappa shape index (κ2) is 14.7. The number of hydrogen-bond acceptors (Lipinski definition) is 1. The Morgan fingerprint density at radius 1 is 0.371 bits per heavy atom. The van der Waals surface area contributed by atoms with Gasteiger partial charge >= 0.3 is 0 Å². The van der Waals surface area contributed by atoms with E-state index in [1.807, 2.05) is 0 Å². The molecule has 2 heteroatoms. The van der Waals surface area contributed by atoms with E-state index in [9.17, 15) is 0 Å². The van der Waals surface area contributed by atoms with Gasteiger partial charge in [-0.2, -0.15) is 0 Å². The third-order valence-corrected chi connectivity index (χ3v) is 13.0. The minimum Gasteiger partial charge on any atom is -0.323 e. The molecule has 2 nitrogen and oxygen atoms in total. The molecule has 0 bridgehead atoms. The van der Waals surface area contributed by atoms with Gasteiger partial charge in [0, 0.05) is 27.5 Å². The Hall–Kier alpha value is -7.94. The molecule has 1 unspecified atom stereocenters. The van der Waals surface area contributed by atoms with Crippen LogP contribution in [0, 0.1) is 0 Å². The summed E-state index contributed by atoms with van der Waals surface area (Å²) in [4.78, 5) is 2.60. The number of hydrogen-bond donors (Lipinski definition) is 0. The molecule has 11 aromatic rings. The molecule has 0 saturated carbocycles. The number of para-hydroxylation sites is 2. The fourth-order valence-corrected chi connectivity index (χ4v) is 10.4. The predicted octanol–water partition coefficient (Wildman–Crippen LogP) is 15.3. The topological polar surface area (TPSA) is 8.17 Å². The van der Waals surface area contributed by atoms with Crippen molar-refractivity contribution in [1.29, 1.82) is 0 Å². The van der Waals surface area contributed by atoms with Crippen molar-refractivity contribution in [3.05, 3.63) is 270 Å². The van der Waals surface area contributed by atoms with Crippen LogP contribution in [-0.4, -0.2) is 4.57 Å². The van der Waals surface area contributed by atoms with Gasteiger partial charge in [-0.15, -0.1) is 0 Å². The lowest BCUT2D eigenvalue weighted by Crippen LogP contribution is -2.44. The van der Waals surface area contributed by atoms with Crippen molar-refractivity contribution in [2.45, 2.75) is 12.0 Å². The van der Waals surface area contributed by atoms with E-state index < -0.39 is 5.54 Å². The van der Waals surface area contributed by atoms with Crippen molar-refractivity contribution in [2.24, 2.45) is 0 Å². The molecule has 0 N–H and O–H groups in total. The Labute approximate surface area is 362 Å². The maximum Gasteiger partial charge on any atom is 0.122 e. The lowest BCUT2D eigenvalue weighted by molar-refractivity contribution is 0.643. The SMILES string of the molecule is c1ccc(-c2cccc(N(c3ccccc3)C3(c4ccccc4)c4ccccc4-c4ccc(Cc5ccc6c7ccccc7n(-c7cccc8ccccc78)c6c5)cc43)c2)cc1. The number of fused-ring (bicyclic) bond motifs is 7. The largest absolute Gasteiger partial charge is 0.323 e. The van der Waals surface area contributed by atoms with E-state index in [2.05, 4.69) is 252 Å². The van der Waals surface area contributed by atoms with E-state index >= 15 is 0 Å². The van der Waals surface area contributed by atoms with Gasteiger partial charge in [0.05, 0.1) is 16.7 Å². The Morgan fingerprint density at radius 2 is 0.968 bits per heavy atom. The monoisotopic (exact) mass is 790 g/mol. The van der Waals surface area contributed by atoms with Crippen molar-refractivity contribution >= 4 is 44.0 Å². The summed E-state index contributed by atoms with van der Waals surface area (Å²) in [6.07, 6.45) is 0.788. The van der Waals surface area contributed by atoms with Gasteiger partial charge in [0.1, 0.15) is 5.54 Å². The van der Waals surface area contributed by atoms with Crippen LogP contribution >= 0.6 is 0 Å². The normalized spacial score (nSPS) is 14.3. The predicted molar refractivity (Wildman–Crippen MR) is 260 cm³/mol. The smallest absolute Gasteiger partial charge is 0.122 e. The summed E-state index contributed by atoms with van der Waals surface area (Å²) in [7, 11) is 0. The molecular weight excluding hydrogens is 749 g/mol. The highest BCUT2D eigenvalue weighted by atomic mass is 15.2. The highest BCUT2D eigenvalue weighted by Crippen LogP contribution is 2.58. The van der Waals surface area contributed by atoms with Crippen molar-refractivity contribution in [1.82, 2.24) is 4.57 Å². The van der Waals surface area contributed by atoms with Crippen LogP contribution in [0.15, 0.2) is 243 Å². The highest BCUT2D eigenvalue weighted by Gasteiger charge is 2.50. The van der Waals surface area contributed by atoms with E-state index in [0.717, 1.165) is 17.8 Å². The molecule has 0 aliphatic heterocycles. The zero-order chi connectivity index (χ0) is 41.0. The molecule has 1 aliphatic rings. The number of aromatic nitrogens is 1. The molecular formula is C60H42N2. The molecule has 0 saturated heterocycles. The molecule has 12 rings (SSSR count). The van der Waals surface area contributed by atoms with Crippen LogP contribution in [0.2, 0.25) is 0 Å². The lowest BCUT2D eigenvalue weighted by Gasteiger charge is -2.45. The summed E-state index contributed by atoms with van der Waals surface area (Å²) in [5.41, 5.74) is 16.4. The molecule has 0 amide bonds. The van der Waals surface area contributed by atoms with Crippen LogP contribution in [0.4, 0.5) is 11.4 Å². The van der Waals surface area contributed by atoms with E-state index in [1.165, 1.54) is 88.3 Å². The lowest BCUT2D eigenvalue weighted by atomic mass is 9.77. The minimum atomic E-state index is -0.690. The van der Waals surface area contributed by atoms with Crippen LogP contribution in [-0.2, 0) is 12.0 Å². The van der Waals surface area contributed by atoms with E-state index in [-0.39, 0.29) is 0 Å². The average Bonchev–Trinajstić information content (AvgIpc) is 3.82. The fraction of sp³-hybridized carbons (Fsp3) is 0.0333. The summed E-state index contributed by atoms with van der Waals surface area (Å²) >= 11 is 0. The molecule has 10 aromatic carbocycles. The number of benzene rings is 10. The van der Waals surface area contributed by atoms with Crippen molar-refractivity contribution < 1.29 is 0 Å². The third-order valence-electron chi connectivity index (χ3n) is 13.0. The maximum absolute atomic E-state index is 2.60. The minimum absolute atomic E-state index is 0.690. The first-order chi connectivity index (χ1) is 30.8. The fourth-order valence-electron chi connectivity index (χ4n) is 10.4. The van der Waals surface area contributed by atoms with Crippen LogP contribution in [0.1, 0.15) is 27.8 Å². The molecule has 292 valence electrons. The van der Waals surface area contributed by atoms with E-state index in [1.54, 1.807) is 0 Å². The van der Waals surface area contributed by atoms with Gasteiger partial charge in [0.15, 0.2) is 0 Å². The molecule has 0 fully saturated rings. The molecule has 1 heterocycles. The Bertz CT molecular complexity index is 3430. The number of anilines is 2. The summed E-state index contributed by atoms with van der Waals surface area (Å²) in [5.74, 6) is 0. The quantitative estimate of drug-likeness (QED) is 0.149. The molecule has 1 atom stereocenters. The summed E-state index contributed by atoms with van der Waals surface area (Å²) in [6.45, 7) is 0. The van der Waals surface area contributed by atoms with Crippen LogP contribution in [0.25, 0.3) is 60.5 Å². The molecule has 1 aliphatic carbocycles. The third kappa shape index (κ3) is 5.65. The highest BCUT2D eigenvalue weighted by molar-refractivity contribution is 6.10. The zero-order valence-electron chi connectivity index (χ0n) is 34.2. The van der Waals surface area contributed by atoms with Crippen molar-refractivity contribution in [3.63, 3.8) is 0 Å². The zero-order valence-corrected chi connectivity index (χ0v) is 34.2. The number of rotatable bonds is 8. The van der Waals surface area contributed by atoms with Gasteiger partial charge in [-0.25, -0.2) is 0 Å². The molecule has 1 aromatic heterocycles. The van der Waals surface area contributed by atoms with Gasteiger partial charge in [-0.1, -0.05) is 200 Å². The summed E-state index contributed by atoms with van der Waals surface area (Å²) in [6, 6.07) is 89.4. The first kappa shape index (κ1) is 36.0. The van der Waals surface area contributed by atoms with Crippen molar-refractivity contribution in [3.8, 4) is 27.9 Å². The maximum atomic E-state index is 2.60. The first-order valence-corrected chi connectivity index (χ1v) is 21.6. The van der Waals surface area contributed by atoms with E-state index in [0.29, 0.717) is 0 Å². The van der Waals surface area contributed by atoms with Gasteiger partial charge in [0.2, 0.25) is 0 Å². The van der Waals surface area contributed by atoms with Crippen LogP contribution < -0.4 is 4.90 Å². The summed E-state index contributed by atoms with van der Waals surface area (Å²) < 4.78 is 2.47. The van der Waals surface area contributed by atoms with Gasteiger partial charge in [0.25, 0.3) is 0 Å².